The second-order valence-corrected chi connectivity index (χ2v) is 16.3. The molecular formula is C38H50BN5O5. The van der Waals surface area contributed by atoms with Crippen molar-refractivity contribution in [2.45, 2.75) is 110 Å². The van der Waals surface area contributed by atoms with Gasteiger partial charge in [0.25, 0.3) is 11.8 Å². The predicted octanol–water partition coefficient (Wildman–Crippen LogP) is 5.90. The smallest absolute Gasteiger partial charge is 0.404 e. The van der Waals surface area contributed by atoms with Gasteiger partial charge in [0, 0.05) is 36.7 Å². The third kappa shape index (κ3) is 6.07. The molecule has 0 radical (unpaired) electrons. The molecule has 2 N–H and O–H groups in total. The van der Waals surface area contributed by atoms with E-state index in [0.29, 0.717) is 41.9 Å². The van der Waals surface area contributed by atoms with Crippen LogP contribution in [-0.4, -0.2) is 64.0 Å². The van der Waals surface area contributed by atoms with Crippen molar-refractivity contribution in [1.29, 1.82) is 0 Å². The van der Waals surface area contributed by atoms with E-state index in [0.717, 1.165) is 23.0 Å². The molecule has 4 fully saturated rings. The molecule has 3 aromatic rings. The van der Waals surface area contributed by atoms with Crippen LogP contribution in [-0.2, 0) is 25.4 Å². The van der Waals surface area contributed by atoms with Crippen LogP contribution in [0.15, 0.2) is 60.0 Å². The molecule has 260 valence electrons. The number of benzene rings is 1. The molecule has 2 aromatic heterocycles. The maximum Gasteiger partial charge on any atom is 0.481 e. The van der Waals surface area contributed by atoms with Gasteiger partial charge in [-0.15, -0.1) is 0 Å². The first kappa shape index (κ1) is 33.8. The lowest BCUT2D eigenvalue weighted by atomic mass is 9.43. The molecular weight excluding hydrogens is 617 g/mol. The summed E-state index contributed by atoms with van der Waals surface area (Å²) in [5, 5.41) is 11.6. The topological polar surface area (TPSA) is 116 Å². The Labute approximate surface area is 289 Å². The Balaban J connectivity index is 1.06. The third-order valence-corrected chi connectivity index (χ3v) is 11.8. The van der Waals surface area contributed by atoms with Gasteiger partial charge in [-0.3, -0.25) is 9.59 Å². The van der Waals surface area contributed by atoms with E-state index in [1.54, 1.807) is 6.20 Å². The predicted molar refractivity (Wildman–Crippen MR) is 190 cm³/mol. The van der Waals surface area contributed by atoms with E-state index in [-0.39, 0.29) is 53.9 Å². The van der Waals surface area contributed by atoms with E-state index in [2.05, 4.69) is 73.8 Å². The van der Waals surface area contributed by atoms with Crippen LogP contribution < -0.4 is 10.6 Å². The quantitative estimate of drug-likeness (QED) is 0.246. The van der Waals surface area contributed by atoms with Crippen LogP contribution in [0.4, 0.5) is 0 Å². The van der Waals surface area contributed by atoms with Gasteiger partial charge >= 0.3 is 7.12 Å². The van der Waals surface area contributed by atoms with Crippen molar-refractivity contribution in [3.05, 3.63) is 66.0 Å². The Bertz CT molecular complexity index is 1760. The van der Waals surface area contributed by atoms with Gasteiger partial charge in [0.05, 0.1) is 35.5 Å². The molecule has 8 rings (SSSR count). The number of carbonyl (C=O) groups excluding carboxylic acids is 2. The number of aromatic nitrogens is 2. The van der Waals surface area contributed by atoms with E-state index in [1.165, 1.54) is 6.42 Å². The van der Waals surface area contributed by atoms with Crippen LogP contribution >= 0.6 is 0 Å². The molecule has 49 heavy (non-hydrogen) atoms. The molecule has 5 aliphatic rings. The number of oxime groups is 1. The van der Waals surface area contributed by atoms with E-state index >= 15 is 0 Å². The number of pyridine rings is 1. The molecule has 2 aliphatic heterocycles. The highest BCUT2D eigenvalue weighted by Crippen LogP contribution is 2.65. The van der Waals surface area contributed by atoms with Crippen LogP contribution in [0, 0.1) is 23.2 Å². The lowest BCUT2D eigenvalue weighted by Crippen LogP contribution is -2.65. The number of rotatable bonds is 11. The molecule has 3 saturated carbocycles. The highest BCUT2D eigenvalue weighted by Gasteiger charge is 2.68. The summed E-state index contributed by atoms with van der Waals surface area (Å²) >= 11 is 0. The van der Waals surface area contributed by atoms with Crippen LogP contribution in [0.25, 0.3) is 11.0 Å². The van der Waals surface area contributed by atoms with Crippen LogP contribution in [0.1, 0.15) is 96.1 Å². The molecule has 10 nitrogen and oxygen atoms in total. The average molecular weight is 668 g/mol. The Kier molecular flexibility index (Phi) is 8.67. The van der Waals surface area contributed by atoms with Gasteiger partial charge in [0.1, 0.15) is 5.65 Å². The second-order valence-electron chi connectivity index (χ2n) is 16.3. The van der Waals surface area contributed by atoms with E-state index < -0.39 is 12.7 Å². The van der Waals surface area contributed by atoms with E-state index in [9.17, 15) is 9.59 Å². The third-order valence-electron chi connectivity index (χ3n) is 11.8. The maximum atomic E-state index is 14.5. The number of amides is 2. The van der Waals surface area contributed by atoms with Gasteiger partial charge < -0.3 is 29.3 Å². The fourth-order valence-corrected chi connectivity index (χ4v) is 8.85. The SMILES string of the molecule is CC(C)C[C@H](NC(=O)C1(Cc2ccccc2)CC(CNC(=O)c2cnc3c(ccn3C(C)C)c2)=NO1)B1O[C@@H]2C[C@@H]3C[C@@H](C3(C)C)[C@]2(C)O1. The standard InChI is InChI=1S/C38H50BN5O5/c1-23(2)15-32(39-47-31-18-28-17-30(36(28,5)6)37(31,7)48-39)42-35(46)38(19-25-11-9-8-10-12-25)20-29(43-49-38)22-41-34(45)27-16-26-13-14-44(24(3)4)33(26)40-21-27/h8-14,16,21,23-24,28,30-32H,15,17-20,22H2,1-7H3,(H,41,45)(H,42,46)/t28-,30-,31+,32-,37-,38?/m0/s1. The number of nitrogens with zero attached hydrogens (tertiary/aromatic N) is 3. The molecule has 1 saturated heterocycles. The van der Waals surface area contributed by atoms with Crippen molar-refractivity contribution < 1.29 is 23.7 Å². The minimum absolute atomic E-state index is 0.0198. The molecule has 3 aliphatic carbocycles. The largest absolute Gasteiger partial charge is 0.481 e. The van der Waals surface area contributed by atoms with Crippen LogP contribution in [0.5, 0.6) is 0 Å². The molecule has 1 aromatic carbocycles. The second kappa shape index (κ2) is 12.6. The fraction of sp³-hybridized carbons (Fsp3) is 0.579. The summed E-state index contributed by atoms with van der Waals surface area (Å²) in [7, 11) is -0.547. The van der Waals surface area contributed by atoms with Gasteiger partial charge in [-0.1, -0.05) is 63.2 Å². The van der Waals surface area contributed by atoms with Crippen LogP contribution in [0.2, 0.25) is 0 Å². The summed E-state index contributed by atoms with van der Waals surface area (Å²) in [6.45, 7) is 15.5. The highest BCUT2D eigenvalue weighted by molar-refractivity contribution is 6.48. The van der Waals surface area contributed by atoms with Crippen molar-refractivity contribution in [2.75, 3.05) is 6.54 Å². The van der Waals surface area contributed by atoms with Gasteiger partial charge in [-0.25, -0.2) is 4.98 Å². The van der Waals surface area contributed by atoms with Crippen molar-refractivity contribution >= 4 is 35.7 Å². The van der Waals surface area contributed by atoms with E-state index in [4.69, 9.17) is 14.1 Å². The summed E-state index contributed by atoms with van der Waals surface area (Å²) in [6.07, 6.45) is 7.01. The highest BCUT2D eigenvalue weighted by atomic mass is 16.7. The van der Waals surface area contributed by atoms with Gasteiger partial charge in [-0.2, -0.15) is 0 Å². The minimum Gasteiger partial charge on any atom is -0.404 e. The Morgan fingerprint density at radius 3 is 2.57 bits per heavy atom. The summed E-state index contributed by atoms with van der Waals surface area (Å²) in [5.74, 6) is 0.489. The summed E-state index contributed by atoms with van der Waals surface area (Å²) in [4.78, 5) is 38.3. The number of fused-ring (bicyclic) bond motifs is 1. The Hall–Kier alpha value is -3.70. The summed E-state index contributed by atoms with van der Waals surface area (Å²) in [6, 6.07) is 13.9. The molecule has 1 unspecified atom stereocenters. The number of hydrogen-bond donors (Lipinski definition) is 2. The zero-order valence-corrected chi connectivity index (χ0v) is 29.9. The van der Waals surface area contributed by atoms with Crippen molar-refractivity contribution in [3.63, 3.8) is 0 Å². The monoisotopic (exact) mass is 667 g/mol. The number of carbonyl (C=O) groups is 2. The van der Waals surface area contributed by atoms with Crippen molar-refractivity contribution in [2.24, 2.45) is 28.3 Å². The normalized spacial score (nSPS) is 29.0. The molecule has 11 heteroatoms. The average Bonchev–Trinajstić information content (AvgIpc) is 3.78. The molecule has 2 bridgehead atoms. The Morgan fingerprint density at radius 2 is 1.86 bits per heavy atom. The minimum atomic E-state index is -1.28. The van der Waals surface area contributed by atoms with Crippen molar-refractivity contribution in [3.8, 4) is 0 Å². The van der Waals surface area contributed by atoms with E-state index in [1.807, 2.05) is 48.7 Å². The van der Waals surface area contributed by atoms with Gasteiger partial charge in [0.15, 0.2) is 0 Å². The number of nitrogens with one attached hydrogen (secondary N) is 2. The lowest BCUT2D eigenvalue weighted by Gasteiger charge is -2.64. The zero-order valence-electron chi connectivity index (χ0n) is 29.9. The first-order valence-corrected chi connectivity index (χ1v) is 18.0. The summed E-state index contributed by atoms with van der Waals surface area (Å²) in [5.41, 5.74) is 1.43. The van der Waals surface area contributed by atoms with Crippen molar-refractivity contribution in [1.82, 2.24) is 20.2 Å². The number of hydrogen-bond acceptors (Lipinski definition) is 7. The van der Waals surface area contributed by atoms with Crippen LogP contribution in [0.3, 0.4) is 0 Å². The molecule has 2 amide bonds. The Morgan fingerprint density at radius 1 is 1.08 bits per heavy atom. The summed E-state index contributed by atoms with van der Waals surface area (Å²) < 4.78 is 15.5. The maximum absolute atomic E-state index is 14.5. The molecule has 6 atom stereocenters. The molecule has 4 heterocycles. The fourth-order valence-electron chi connectivity index (χ4n) is 8.85. The zero-order chi connectivity index (χ0) is 34.7. The van der Waals surface area contributed by atoms with Gasteiger partial charge in [0.2, 0.25) is 5.60 Å². The first-order chi connectivity index (χ1) is 23.3. The lowest BCUT2D eigenvalue weighted by molar-refractivity contribution is -0.199. The molecule has 0 spiro atoms. The van der Waals surface area contributed by atoms with Gasteiger partial charge in [-0.05, 0) is 80.9 Å². The first-order valence-electron chi connectivity index (χ1n) is 18.0.